The number of urea groups is 1. The Hall–Kier alpha value is -2.39. The lowest BCUT2D eigenvalue weighted by atomic mass is 10.1. The molecule has 9 heteroatoms. The van der Waals surface area contributed by atoms with Crippen LogP contribution in [-0.2, 0) is 10.0 Å². The zero-order valence-corrected chi connectivity index (χ0v) is 17.4. The van der Waals surface area contributed by atoms with Crippen LogP contribution in [0.4, 0.5) is 4.79 Å². The molecule has 8 nitrogen and oxygen atoms in total. The van der Waals surface area contributed by atoms with Gasteiger partial charge in [0.05, 0.1) is 4.90 Å². The van der Waals surface area contributed by atoms with Crippen LogP contribution in [0.1, 0.15) is 29.6 Å². The zero-order chi connectivity index (χ0) is 20.9. The lowest BCUT2D eigenvalue weighted by Crippen LogP contribution is -2.54. The van der Waals surface area contributed by atoms with Crippen LogP contribution in [0, 0.1) is 0 Å². The molecule has 2 saturated heterocycles. The SMILES string of the molecule is C=CCNS(=O)(=O)c1ccc(C(=O)N2CCN(C(=O)N3CCCCC3)CC2)cc1. The van der Waals surface area contributed by atoms with E-state index in [0.29, 0.717) is 31.7 Å². The number of carbonyl (C=O) groups excluding carboxylic acids is 2. The van der Waals surface area contributed by atoms with Gasteiger partial charge in [-0.05, 0) is 43.5 Å². The molecule has 2 heterocycles. The summed E-state index contributed by atoms with van der Waals surface area (Å²) in [6, 6.07) is 5.97. The van der Waals surface area contributed by atoms with E-state index in [1.54, 1.807) is 4.90 Å². The molecule has 29 heavy (non-hydrogen) atoms. The second-order valence-corrected chi connectivity index (χ2v) is 9.04. The minimum absolute atomic E-state index is 0.0679. The fraction of sp³-hybridized carbons (Fsp3) is 0.500. The van der Waals surface area contributed by atoms with E-state index >= 15 is 0 Å². The van der Waals surface area contributed by atoms with Gasteiger partial charge in [-0.2, -0.15) is 0 Å². The summed E-state index contributed by atoms with van der Waals surface area (Å²) in [5, 5.41) is 0. The van der Waals surface area contributed by atoms with Crippen LogP contribution in [0.25, 0.3) is 0 Å². The minimum atomic E-state index is -3.61. The van der Waals surface area contributed by atoms with Gasteiger partial charge in [-0.1, -0.05) is 6.08 Å². The topological polar surface area (TPSA) is 90.0 Å². The van der Waals surface area contributed by atoms with Crippen LogP contribution in [0.15, 0.2) is 41.8 Å². The summed E-state index contributed by atoms with van der Waals surface area (Å²) >= 11 is 0. The summed E-state index contributed by atoms with van der Waals surface area (Å²) in [5.41, 5.74) is 0.434. The molecule has 3 rings (SSSR count). The second kappa shape index (κ2) is 9.41. The van der Waals surface area contributed by atoms with Gasteiger partial charge in [-0.3, -0.25) is 4.79 Å². The quantitative estimate of drug-likeness (QED) is 0.732. The number of hydrogen-bond acceptors (Lipinski definition) is 4. The molecule has 158 valence electrons. The molecule has 1 aromatic rings. The van der Waals surface area contributed by atoms with Gasteiger partial charge in [0, 0.05) is 51.4 Å². The molecule has 0 radical (unpaired) electrons. The molecule has 1 N–H and O–H groups in total. The van der Waals surface area contributed by atoms with Gasteiger partial charge in [0.2, 0.25) is 10.0 Å². The van der Waals surface area contributed by atoms with Crippen LogP contribution in [-0.4, -0.2) is 80.9 Å². The molecule has 3 amide bonds. The molecule has 0 saturated carbocycles. The Balaban J connectivity index is 1.56. The van der Waals surface area contributed by atoms with Crippen molar-refractivity contribution in [3.63, 3.8) is 0 Å². The van der Waals surface area contributed by atoms with Gasteiger partial charge in [0.25, 0.3) is 5.91 Å². The number of piperazine rings is 1. The predicted octanol–water partition coefficient (Wildman–Crippen LogP) is 1.51. The largest absolute Gasteiger partial charge is 0.335 e. The van der Waals surface area contributed by atoms with Crippen molar-refractivity contribution in [1.29, 1.82) is 0 Å². The summed E-state index contributed by atoms with van der Waals surface area (Å²) in [6.07, 6.45) is 4.75. The number of nitrogens with one attached hydrogen (secondary N) is 1. The predicted molar refractivity (Wildman–Crippen MR) is 110 cm³/mol. The highest BCUT2D eigenvalue weighted by Crippen LogP contribution is 2.16. The summed E-state index contributed by atoms with van der Waals surface area (Å²) in [4.78, 5) is 30.9. The Morgan fingerprint density at radius 1 is 0.897 bits per heavy atom. The fourth-order valence-corrected chi connectivity index (χ4v) is 4.60. The van der Waals surface area contributed by atoms with Gasteiger partial charge in [0.1, 0.15) is 0 Å². The maximum atomic E-state index is 12.7. The van der Waals surface area contributed by atoms with E-state index in [4.69, 9.17) is 0 Å². The Bertz CT molecular complexity index is 840. The number of benzene rings is 1. The van der Waals surface area contributed by atoms with E-state index in [2.05, 4.69) is 11.3 Å². The third-order valence-corrected chi connectivity index (χ3v) is 6.73. The maximum absolute atomic E-state index is 12.7. The summed E-state index contributed by atoms with van der Waals surface area (Å²) < 4.78 is 26.6. The third-order valence-electron chi connectivity index (χ3n) is 5.29. The van der Waals surface area contributed by atoms with Gasteiger partial charge in [0.15, 0.2) is 0 Å². The molecular formula is C20H28N4O4S. The Morgan fingerprint density at radius 3 is 2.03 bits per heavy atom. The molecule has 2 aliphatic heterocycles. The van der Waals surface area contributed by atoms with Crippen molar-refractivity contribution >= 4 is 22.0 Å². The first kappa shape index (κ1) is 21.3. The highest BCUT2D eigenvalue weighted by Gasteiger charge is 2.28. The standard InChI is InChI=1S/C20H28N4O4S/c1-2-10-21-29(27,28)18-8-6-17(7-9-18)19(25)22-13-15-24(16-14-22)20(26)23-11-4-3-5-12-23/h2,6-9,21H,1,3-5,10-16H2. The highest BCUT2D eigenvalue weighted by molar-refractivity contribution is 7.89. The fourth-order valence-electron chi connectivity index (χ4n) is 3.60. The zero-order valence-electron chi connectivity index (χ0n) is 16.5. The van der Waals surface area contributed by atoms with E-state index in [0.717, 1.165) is 25.9 Å². The van der Waals surface area contributed by atoms with Crippen LogP contribution in [0.3, 0.4) is 0 Å². The van der Waals surface area contributed by atoms with Crippen LogP contribution < -0.4 is 4.72 Å². The summed E-state index contributed by atoms with van der Waals surface area (Å²) in [6.45, 7) is 7.22. The van der Waals surface area contributed by atoms with Crippen molar-refractivity contribution in [3.05, 3.63) is 42.5 Å². The first-order chi connectivity index (χ1) is 13.9. The van der Waals surface area contributed by atoms with E-state index < -0.39 is 10.0 Å². The smallest absolute Gasteiger partial charge is 0.320 e. The molecule has 0 spiro atoms. The minimum Gasteiger partial charge on any atom is -0.335 e. The molecule has 0 atom stereocenters. The average Bonchev–Trinajstić information content (AvgIpc) is 2.77. The van der Waals surface area contributed by atoms with E-state index in [1.165, 1.54) is 36.8 Å². The second-order valence-electron chi connectivity index (χ2n) is 7.27. The van der Waals surface area contributed by atoms with Crippen molar-refractivity contribution in [1.82, 2.24) is 19.4 Å². The molecule has 0 unspecified atom stereocenters. The number of carbonyl (C=O) groups is 2. The van der Waals surface area contributed by atoms with Gasteiger partial charge < -0.3 is 14.7 Å². The van der Waals surface area contributed by atoms with Crippen LogP contribution in [0.5, 0.6) is 0 Å². The molecule has 0 bridgehead atoms. The van der Waals surface area contributed by atoms with E-state index in [-0.39, 0.29) is 23.4 Å². The molecule has 0 aliphatic carbocycles. The molecule has 1 aromatic carbocycles. The number of rotatable bonds is 5. The highest BCUT2D eigenvalue weighted by atomic mass is 32.2. The molecular weight excluding hydrogens is 392 g/mol. The van der Waals surface area contributed by atoms with Crippen LogP contribution in [0.2, 0.25) is 0 Å². The lowest BCUT2D eigenvalue weighted by Gasteiger charge is -2.38. The van der Waals surface area contributed by atoms with Crippen molar-refractivity contribution < 1.29 is 18.0 Å². The molecule has 2 aliphatic rings. The molecule has 2 fully saturated rings. The number of hydrogen-bond donors (Lipinski definition) is 1. The van der Waals surface area contributed by atoms with Gasteiger partial charge in [-0.15, -0.1) is 6.58 Å². The average molecular weight is 421 g/mol. The number of nitrogens with zero attached hydrogens (tertiary/aromatic N) is 3. The van der Waals surface area contributed by atoms with Crippen molar-refractivity contribution in [2.24, 2.45) is 0 Å². The number of likely N-dealkylation sites (tertiary alicyclic amines) is 1. The number of amides is 3. The number of piperidine rings is 1. The Morgan fingerprint density at radius 2 is 1.45 bits per heavy atom. The van der Waals surface area contributed by atoms with Crippen molar-refractivity contribution in [3.8, 4) is 0 Å². The third kappa shape index (κ3) is 5.16. The van der Waals surface area contributed by atoms with E-state index in [1.807, 2.05) is 9.80 Å². The monoisotopic (exact) mass is 420 g/mol. The van der Waals surface area contributed by atoms with Crippen molar-refractivity contribution in [2.75, 3.05) is 45.8 Å². The summed E-state index contributed by atoms with van der Waals surface area (Å²) in [5.74, 6) is -0.155. The Kier molecular flexibility index (Phi) is 6.92. The van der Waals surface area contributed by atoms with Crippen LogP contribution >= 0.6 is 0 Å². The number of sulfonamides is 1. The molecule has 0 aromatic heterocycles. The van der Waals surface area contributed by atoms with Gasteiger partial charge >= 0.3 is 6.03 Å². The Labute approximate surface area is 172 Å². The van der Waals surface area contributed by atoms with Crippen molar-refractivity contribution in [2.45, 2.75) is 24.2 Å². The first-order valence-electron chi connectivity index (χ1n) is 9.96. The normalized spacial score (nSPS) is 17.9. The lowest BCUT2D eigenvalue weighted by molar-refractivity contribution is 0.0633. The summed E-state index contributed by atoms with van der Waals surface area (Å²) in [7, 11) is -3.61. The van der Waals surface area contributed by atoms with E-state index in [9.17, 15) is 18.0 Å². The first-order valence-corrected chi connectivity index (χ1v) is 11.4. The van der Waals surface area contributed by atoms with Gasteiger partial charge in [-0.25, -0.2) is 17.9 Å². The maximum Gasteiger partial charge on any atom is 0.320 e.